The lowest BCUT2D eigenvalue weighted by Crippen LogP contribution is -2.35. The molecule has 3 nitrogen and oxygen atoms in total. The first-order valence-electron chi connectivity index (χ1n) is 7.39. The monoisotopic (exact) mass is 334 g/mol. The summed E-state index contributed by atoms with van der Waals surface area (Å²) in [5.74, 6) is -0.320. The first-order chi connectivity index (χ1) is 11.0. The summed E-state index contributed by atoms with van der Waals surface area (Å²) in [5, 5.41) is 3.58. The largest absolute Gasteiger partial charge is 0.354 e. The average molecular weight is 335 g/mol. The Morgan fingerprint density at radius 2 is 1.74 bits per heavy atom. The number of likely N-dealkylation sites (N-methyl/N-ethyl adjacent to an activating group) is 1. The van der Waals surface area contributed by atoms with Crippen LogP contribution in [0.15, 0.2) is 48.5 Å². The van der Waals surface area contributed by atoms with E-state index in [-0.39, 0.29) is 17.8 Å². The van der Waals surface area contributed by atoms with Crippen molar-refractivity contribution in [3.8, 4) is 0 Å². The second kappa shape index (κ2) is 8.09. The van der Waals surface area contributed by atoms with E-state index in [9.17, 15) is 9.18 Å². The Kier molecular flexibility index (Phi) is 6.13. The van der Waals surface area contributed by atoms with Gasteiger partial charge in [0.05, 0.1) is 12.5 Å². The zero-order chi connectivity index (χ0) is 16.8. The van der Waals surface area contributed by atoms with Crippen LogP contribution in [0.2, 0.25) is 5.02 Å². The Balaban J connectivity index is 1.94. The van der Waals surface area contributed by atoms with Crippen molar-refractivity contribution in [3.63, 3.8) is 0 Å². The van der Waals surface area contributed by atoms with E-state index in [4.69, 9.17) is 11.6 Å². The summed E-state index contributed by atoms with van der Waals surface area (Å²) in [6.45, 7) is 0.463. The van der Waals surface area contributed by atoms with Gasteiger partial charge in [0, 0.05) is 11.6 Å². The molecule has 1 N–H and O–H groups in total. The molecule has 0 aliphatic carbocycles. The maximum atomic E-state index is 13.0. The van der Waals surface area contributed by atoms with Crippen LogP contribution in [0.4, 0.5) is 4.39 Å². The summed E-state index contributed by atoms with van der Waals surface area (Å²) in [4.78, 5) is 14.1. The van der Waals surface area contributed by atoms with Crippen LogP contribution in [0, 0.1) is 5.82 Å². The second-order valence-corrected chi connectivity index (χ2v) is 6.07. The number of rotatable bonds is 6. The van der Waals surface area contributed by atoms with Gasteiger partial charge in [0.1, 0.15) is 5.82 Å². The van der Waals surface area contributed by atoms with E-state index in [2.05, 4.69) is 5.32 Å². The summed E-state index contributed by atoms with van der Waals surface area (Å²) in [5.41, 5.74) is 1.87. The van der Waals surface area contributed by atoms with Crippen molar-refractivity contribution in [2.24, 2.45) is 0 Å². The molecule has 0 saturated heterocycles. The number of halogens is 2. The lowest BCUT2D eigenvalue weighted by molar-refractivity contribution is -0.120. The molecule has 0 heterocycles. The first kappa shape index (κ1) is 17.4. The summed E-state index contributed by atoms with van der Waals surface area (Å²) < 4.78 is 13.0. The maximum Gasteiger partial charge on any atom is 0.224 e. The van der Waals surface area contributed by atoms with Crippen LogP contribution >= 0.6 is 11.6 Å². The van der Waals surface area contributed by atoms with Gasteiger partial charge in [-0.25, -0.2) is 4.39 Å². The highest BCUT2D eigenvalue weighted by Crippen LogP contribution is 2.18. The zero-order valence-corrected chi connectivity index (χ0v) is 14.0. The predicted molar refractivity (Wildman–Crippen MR) is 91.0 cm³/mol. The van der Waals surface area contributed by atoms with E-state index in [1.54, 1.807) is 24.3 Å². The fourth-order valence-corrected chi connectivity index (χ4v) is 2.47. The van der Waals surface area contributed by atoms with E-state index < -0.39 is 0 Å². The molecule has 5 heteroatoms. The van der Waals surface area contributed by atoms with Crippen molar-refractivity contribution in [2.75, 3.05) is 20.6 Å². The van der Waals surface area contributed by atoms with E-state index in [0.717, 1.165) is 11.1 Å². The van der Waals surface area contributed by atoms with Crippen molar-refractivity contribution < 1.29 is 9.18 Å². The maximum absolute atomic E-state index is 13.0. The molecular weight excluding hydrogens is 315 g/mol. The predicted octanol–water partition coefficient (Wildman–Crippen LogP) is 3.44. The Morgan fingerprint density at radius 1 is 1.13 bits per heavy atom. The van der Waals surface area contributed by atoms with E-state index in [1.165, 1.54) is 12.1 Å². The molecule has 0 aliphatic heterocycles. The van der Waals surface area contributed by atoms with Gasteiger partial charge in [0.25, 0.3) is 0 Å². The summed E-state index contributed by atoms with van der Waals surface area (Å²) in [6, 6.07) is 13.6. The molecule has 2 aromatic carbocycles. The zero-order valence-electron chi connectivity index (χ0n) is 13.2. The molecule has 0 aliphatic rings. The number of benzene rings is 2. The smallest absolute Gasteiger partial charge is 0.224 e. The van der Waals surface area contributed by atoms with Crippen molar-refractivity contribution in [1.29, 1.82) is 0 Å². The number of hydrogen-bond donors (Lipinski definition) is 1. The Labute approximate surface area is 141 Å². The molecule has 1 amide bonds. The van der Waals surface area contributed by atoms with Gasteiger partial charge in [-0.05, 0) is 49.5 Å². The van der Waals surface area contributed by atoms with E-state index in [1.807, 2.05) is 31.1 Å². The van der Waals surface area contributed by atoms with Crippen LogP contribution in [0.5, 0.6) is 0 Å². The summed E-state index contributed by atoms with van der Waals surface area (Å²) >= 11 is 5.83. The molecule has 0 fully saturated rings. The SMILES string of the molecule is CN(C)C(CNC(=O)Cc1ccc(Cl)cc1)c1ccc(F)cc1. The molecule has 0 spiro atoms. The molecule has 0 radical (unpaired) electrons. The number of hydrogen-bond acceptors (Lipinski definition) is 2. The third kappa shape index (κ3) is 5.34. The van der Waals surface area contributed by atoms with Crippen LogP contribution in [-0.4, -0.2) is 31.4 Å². The van der Waals surface area contributed by atoms with Crippen LogP contribution in [0.25, 0.3) is 0 Å². The molecule has 2 rings (SSSR count). The topological polar surface area (TPSA) is 32.3 Å². The molecule has 1 unspecified atom stereocenters. The average Bonchev–Trinajstić information content (AvgIpc) is 2.51. The van der Waals surface area contributed by atoms with Crippen LogP contribution in [-0.2, 0) is 11.2 Å². The number of carbonyl (C=O) groups excluding carboxylic acids is 1. The molecule has 1 atom stereocenters. The van der Waals surface area contributed by atoms with E-state index >= 15 is 0 Å². The van der Waals surface area contributed by atoms with E-state index in [0.29, 0.717) is 18.0 Å². The number of nitrogens with one attached hydrogen (secondary N) is 1. The van der Waals surface area contributed by atoms with Gasteiger partial charge in [-0.15, -0.1) is 0 Å². The minimum absolute atomic E-state index is 0.00947. The van der Waals surface area contributed by atoms with Gasteiger partial charge in [-0.2, -0.15) is 0 Å². The normalized spacial score (nSPS) is 12.2. The molecule has 2 aromatic rings. The lowest BCUT2D eigenvalue weighted by atomic mass is 10.1. The van der Waals surface area contributed by atoms with Gasteiger partial charge in [-0.1, -0.05) is 35.9 Å². The third-order valence-corrected chi connectivity index (χ3v) is 3.90. The van der Waals surface area contributed by atoms with Gasteiger partial charge in [0.2, 0.25) is 5.91 Å². The van der Waals surface area contributed by atoms with Crippen LogP contribution in [0.3, 0.4) is 0 Å². The minimum Gasteiger partial charge on any atom is -0.354 e. The summed E-state index contributed by atoms with van der Waals surface area (Å²) in [7, 11) is 3.86. The second-order valence-electron chi connectivity index (χ2n) is 5.64. The Morgan fingerprint density at radius 3 is 2.30 bits per heavy atom. The van der Waals surface area contributed by atoms with Crippen LogP contribution in [0.1, 0.15) is 17.2 Å². The molecule has 0 saturated carbocycles. The highest BCUT2D eigenvalue weighted by Gasteiger charge is 2.15. The van der Waals surface area contributed by atoms with Crippen molar-refractivity contribution in [1.82, 2.24) is 10.2 Å². The van der Waals surface area contributed by atoms with Gasteiger partial charge >= 0.3 is 0 Å². The van der Waals surface area contributed by atoms with Crippen molar-refractivity contribution in [2.45, 2.75) is 12.5 Å². The molecule has 0 aromatic heterocycles. The quantitative estimate of drug-likeness (QED) is 0.877. The Hall–Kier alpha value is -1.91. The third-order valence-electron chi connectivity index (χ3n) is 3.65. The first-order valence-corrected chi connectivity index (χ1v) is 7.76. The molecule has 23 heavy (non-hydrogen) atoms. The lowest BCUT2D eigenvalue weighted by Gasteiger charge is -2.25. The summed E-state index contributed by atoms with van der Waals surface area (Å²) in [6.07, 6.45) is 0.306. The molecular formula is C18H20ClFN2O. The highest BCUT2D eigenvalue weighted by atomic mass is 35.5. The fraction of sp³-hybridized carbons (Fsp3) is 0.278. The van der Waals surface area contributed by atoms with Gasteiger partial charge < -0.3 is 10.2 Å². The number of nitrogens with zero attached hydrogens (tertiary/aromatic N) is 1. The number of amides is 1. The highest BCUT2D eigenvalue weighted by molar-refractivity contribution is 6.30. The van der Waals surface area contributed by atoms with Crippen molar-refractivity contribution >= 4 is 17.5 Å². The Bertz CT molecular complexity index is 641. The molecule has 0 bridgehead atoms. The van der Waals surface area contributed by atoms with Crippen molar-refractivity contribution in [3.05, 3.63) is 70.5 Å². The van der Waals surface area contributed by atoms with Crippen LogP contribution < -0.4 is 5.32 Å². The fourth-order valence-electron chi connectivity index (χ4n) is 2.34. The standard InChI is InChI=1S/C18H20ClFN2O/c1-22(2)17(14-5-9-16(20)10-6-14)12-21-18(23)11-13-3-7-15(19)8-4-13/h3-10,17H,11-12H2,1-2H3,(H,21,23). The number of carbonyl (C=O) groups is 1. The minimum atomic E-state index is -0.266. The van der Waals surface area contributed by atoms with Gasteiger partial charge in [-0.3, -0.25) is 4.79 Å². The molecule has 122 valence electrons. The van der Waals surface area contributed by atoms with Gasteiger partial charge in [0.15, 0.2) is 0 Å².